The lowest BCUT2D eigenvalue weighted by molar-refractivity contribution is -0.0740. The van der Waals surface area contributed by atoms with Gasteiger partial charge in [-0.15, -0.1) is 0 Å². The van der Waals surface area contributed by atoms with Crippen LogP contribution in [0.15, 0.2) is 28.5 Å². The van der Waals surface area contributed by atoms with E-state index in [1.165, 1.54) is 11.8 Å². The molecule has 0 unspecified atom stereocenters. The van der Waals surface area contributed by atoms with E-state index in [-0.39, 0.29) is 17.7 Å². The molecule has 2 amide bonds. The summed E-state index contributed by atoms with van der Waals surface area (Å²) in [6.45, 7) is 8.49. The van der Waals surface area contributed by atoms with Crippen molar-refractivity contribution in [3.8, 4) is 0 Å². The molecular formula is C20H32N4O3. The van der Waals surface area contributed by atoms with Crippen LogP contribution < -0.4 is 5.32 Å². The Morgan fingerprint density at radius 2 is 2.19 bits per heavy atom. The topological polar surface area (TPSA) is 70.8 Å². The number of aromatic nitrogens is 1. The molecule has 1 spiro atoms. The van der Waals surface area contributed by atoms with Gasteiger partial charge in [0, 0.05) is 39.3 Å². The minimum absolute atomic E-state index is 0.0173. The maximum atomic E-state index is 12.3. The number of carbonyl (C=O) groups excluding carboxylic acids is 1. The molecule has 2 aliphatic rings. The zero-order valence-corrected chi connectivity index (χ0v) is 16.7. The van der Waals surface area contributed by atoms with Crippen LogP contribution in [-0.2, 0) is 11.3 Å². The van der Waals surface area contributed by atoms with Gasteiger partial charge in [-0.05, 0) is 39.5 Å². The monoisotopic (exact) mass is 376 g/mol. The Bertz CT molecular complexity index is 632. The van der Waals surface area contributed by atoms with Crippen molar-refractivity contribution in [2.24, 2.45) is 0 Å². The molecule has 0 aromatic carbocycles. The number of hydrogen-bond acceptors (Lipinski definition) is 5. The average molecular weight is 377 g/mol. The summed E-state index contributed by atoms with van der Waals surface area (Å²) in [6, 6.07) is 1.65. The third kappa shape index (κ3) is 5.56. The van der Waals surface area contributed by atoms with Gasteiger partial charge in [0.05, 0.1) is 18.2 Å². The van der Waals surface area contributed by atoms with Crippen molar-refractivity contribution in [2.75, 3.05) is 33.2 Å². The summed E-state index contributed by atoms with van der Waals surface area (Å²) in [6.07, 6.45) is 8.19. The third-order valence-electron chi connectivity index (χ3n) is 5.58. The van der Waals surface area contributed by atoms with Gasteiger partial charge in [0.15, 0.2) is 0 Å². The summed E-state index contributed by atoms with van der Waals surface area (Å²) < 4.78 is 11.2. The van der Waals surface area contributed by atoms with Crippen LogP contribution in [0.3, 0.4) is 0 Å². The maximum Gasteiger partial charge on any atom is 0.317 e. The predicted octanol–water partition coefficient (Wildman–Crippen LogP) is 2.80. The lowest BCUT2D eigenvalue weighted by Gasteiger charge is -2.39. The Hall–Kier alpha value is -1.86. The van der Waals surface area contributed by atoms with Crippen LogP contribution in [-0.4, -0.2) is 65.9 Å². The fourth-order valence-corrected chi connectivity index (χ4v) is 3.83. The number of ether oxygens (including phenoxy) is 1. The van der Waals surface area contributed by atoms with Gasteiger partial charge < -0.3 is 19.5 Å². The first-order chi connectivity index (χ1) is 13.0. The first-order valence-electron chi connectivity index (χ1n) is 9.87. The lowest BCUT2D eigenvalue weighted by Crippen LogP contribution is -2.45. The van der Waals surface area contributed by atoms with Gasteiger partial charge in [0.2, 0.25) is 0 Å². The van der Waals surface area contributed by atoms with Gasteiger partial charge in [-0.1, -0.05) is 16.8 Å². The van der Waals surface area contributed by atoms with E-state index < -0.39 is 0 Å². The zero-order chi connectivity index (χ0) is 19.3. The number of amides is 2. The van der Waals surface area contributed by atoms with Crippen molar-refractivity contribution in [1.29, 1.82) is 0 Å². The number of nitrogens with zero attached hydrogens (tertiary/aromatic N) is 3. The molecule has 3 rings (SSSR count). The lowest BCUT2D eigenvalue weighted by atomic mass is 9.88. The van der Waals surface area contributed by atoms with Gasteiger partial charge >= 0.3 is 6.03 Å². The summed E-state index contributed by atoms with van der Waals surface area (Å²) in [5.41, 5.74) is 2.13. The molecule has 2 fully saturated rings. The Morgan fingerprint density at radius 3 is 2.85 bits per heavy atom. The largest absolute Gasteiger partial charge is 0.370 e. The third-order valence-corrected chi connectivity index (χ3v) is 5.58. The Labute approximate surface area is 161 Å². The number of allylic oxidation sites excluding steroid dienone is 1. The second-order valence-corrected chi connectivity index (χ2v) is 8.08. The van der Waals surface area contributed by atoms with E-state index in [1.807, 2.05) is 0 Å². The molecular weight excluding hydrogens is 344 g/mol. The van der Waals surface area contributed by atoms with Gasteiger partial charge in [-0.2, -0.15) is 0 Å². The Balaban J connectivity index is 1.38. The molecule has 2 saturated heterocycles. The minimum atomic E-state index is -0.112. The highest BCUT2D eigenvalue weighted by molar-refractivity contribution is 5.73. The highest BCUT2D eigenvalue weighted by Crippen LogP contribution is 2.38. The summed E-state index contributed by atoms with van der Waals surface area (Å²) in [7, 11) is 1.75. The molecule has 0 radical (unpaired) electrons. The molecule has 1 N–H and O–H groups in total. The van der Waals surface area contributed by atoms with Crippen LogP contribution in [0, 0.1) is 0 Å². The summed E-state index contributed by atoms with van der Waals surface area (Å²) in [4.78, 5) is 16.3. The van der Waals surface area contributed by atoms with E-state index in [1.54, 1.807) is 18.0 Å². The van der Waals surface area contributed by atoms with Crippen molar-refractivity contribution >= 4 is 6.03 Å². The second-order valence-electron chi connectivity index (χ2n) is 8.08. The van der Waals surface area contributed by atoms with Crippen LogP contribution in [0.1, 0.15) is 45.2 Å². The van der Waals surface area contributed by atoms with E-state index in [0.29, 0.717) is 13.1 Å². The van der Waals surface area contributed by atoms with Crippen LogP contribution in [0.25, 0.3) is 0 Å². The SMILES string of the molecule is CC(C)=CCN1CCC2(CC[C@H](CNC(=O)N(C)Cc3ccon3)O2)CC1. The number of nitrogens with one attached hydrogen (secondary N) is 1. The maximum absolute atomic E-state index is 12.3. The molecule has 0 bridgehead atoms. The van der Waals surface area contributed by atoms with Crippen LogP contribution in [0.4, 0.5) is 4.79 Å². The van der Waals surface area contributed by atoms with Crippen molar-refractivity contribution < 1.29 is 14.1 Å². The summed E-state index contributed by atoms with van der Waals surface area (Å²) >= 11 is 0. The molecule has 7 heteroatoms. The molecule has 7 nitrogen and oxygen atoms in total. The van der Waals surface area contributed by atoms with E-state index >= 15 is 0 Å². The molecule has 27 heavy (non-hydrogen) atoms. The van der Waals surface area contributed by atoms with Crippen LogP contribution in [0.2, 0.25) is 0 Å². The quantitative estimate of drug-likeness (QED) is 0.773. The molecule has 1 aromatic heterocycles. The summed E-state index contributed by atoms with van der Waals surface area (Å²) in [5.74, 6) is 0. The van der Waals surface area contributed by atoms with Crippen molar-refractivity contribution in [1.82, 2.24) is 20.3 Å². The molecule has 150 valence electrons. The van der Waals surface area contributed by atoms with Crippen molar-refractivity contribution in [3.05, 3.63) is 29.7 Å². The minimum Gasteiger partial charge on any atom is -0.370 e. The zero-order valence-electron chi connectivity index (χ0n) is 16.7. The first-order valence-corrected chi connectivity index (χ1v) is 9.87. The first kappa shape index (κ1) is 19.9. The molecule has 0 aliphatic carbocycles. The number of hydrogen-bond donors (Lipinski definition) is 1. The molecule has 3 heterocycles. The predicted molar refractivity (Wildman–Crippen MR) is 103 cm³/mol. The average Bonchev–Trinajstić information content (AvgIpc) is 3.29. The van der Waals surface area contributed by atoms with E-state index in [2.05, 4.69) is 35.3 Å². The number of rotatable bonds is 6. The molecule has 2 aliphatic heterocycles. The fourth-order valence-electron chi connectivity index (χ4n) is 3.83. The standard InChI is InChI=1S/C20H32N4O3/c1-16(2)5-10-24-11-8-20(9-12-24)7-4-18(27-20)14-21-19(25)23(3)15-17-6-13-26-22-17/h5-6,13,18H,4,7-12,14-15H2,1-3H3,(H,21,25)/t18-/m1/s1. The van der Waals surface area contributed by atoms with Gasteiger partial charge in [0.25, 0.3) is 0 Å². The van der Waals surface area contributed by atoms with Crippen LogP contribution in [0.5, 0.6) is 0 Å². The van der Waals surface area contributed by atoms with E-state index in [4.69, 9.17) is 9.26 Å². The highest BCUT2D eigenvalue weighted by atomic mass is 16.5. The normalized spacial score (nSPS) is 22.0. The second kappa shape index (κ2) is 8.89. The van der Waals surface area contributed by atoms with Gasteiger partial charge in [-0.25, -0.2) is 4.79 Å². The Kier molecular flexibility index (Phi) is 6.55. The van der Waals surface area contributed by atoms with E-state index in [0.717, 1.165) is 51.0 Å². The highest BCUT2D eigenvalue weighted by Gasteiger charge is 2.42. The molecule has 1 atom stereocenters. The van der Waals surface area contributed by atoms with Crippen LogP contribution >= 0.6 is 0 Å². The number of urea groups is 1. The fraction of sp³-hybridized carbons (Fsp3) is 0.700. The number of piperidine rings is 1. The van der Waals surface area contributed by atoms with E-state index in [9.17, 15) is 4.79 Å². The van der Waals surface area contributed by atoms with Gasteiger partial charge in [-0.3, -0.25) is 4.90 Å². The van der Waals surface area contributed by atoms with Crippen molar-refractivity contribution in [3.63, 3.8) is 0 Å². The van der Waals surface area contributed by atoms with Crippen molar-refractivity contribution in [2.45, 2.75) is 57.8 Å². The number of likely N-dealkylation sites (tertiary alicyclic amines) is 1. The Morgan fingerprint density at radius 1 is 1.41 bits per heavy atom. The molecule has 0 saturated carbocycles. The molecule has 1 aromatic rings. The van der Waals surface area contributed by atoms with Gasteiger partial charge in [0.1, 0.15) is 12.0 Å². The summed E-state index contributed by atoms with van der Waals surface area (Å²) in [5, 5.41) is 6.82. The number of carbonyl (C=O) groups is 1. The smallest absolute Gasteiger partial charge is 0.317 e.